The van der Waals surface area contributed by atoms with E-state index in [1.54, 1.807) is 25.4 Å². The Morgan fingerprint density at radius 2 is 1.85 bits per heavy atom. The number of aromatic nitrogens is 4. The Morgan fingerprint density at radius 1 is 1.05 bits per heavy atom. The van der Waals surface area contributed by atoms with Gasteiger partial charge in [-0.1, -0.05) is 25.1 Å². The summed E-state index contributed by atoms with van der Waals surface area (Å²) in [5, 5.41) is 3.31. The molecule has 0 spiro atoms. The number of benzene rings is 2. The van der Waals surface area contributed by atoms with Gasteiger partial charge in [0.05, 0.1) is 24.2 Å². The average Bonchev–Trinajstić information content (AvgIpc) is 3.55. The molecule has 2 aromatic heterocycles. The third-order valence-electron chi connectivity index (χ3n) is 7.52. The van der Waals surface area contributed by atoms with Crippen LogP contribution in [-0.2, 0) is 13.0 Å². The zero-order chi connectivity index (χ0) is 28.8. The molecule has 0 unspecified atom stereocenters. The van der Waals surface area contributed by atoms with Gasteiger partial charge in [-0.2, -0.15) is 0 Å². The summed E-state index contributed by atoms with van der Waals surface area (Å²) in [7, 11) is 5.95. The molecule has 3 heterocycles. The Bertz CT molecular complexity index is 1440. The lowest BCUT2D eigenvalue weighted by Crippen LogP contribution is -2.35. The Kier molecular flexibility index (Phi) is 9.26. The lowest BCUT2D eigenvalue weighted by atomic mass is 10.1. The van der Waals surface area contributed by atoms with Crippen molar-refractivity contribution in [1.29, 1.82) is 0 Å². The van der Waals surface area contributed by atoms with Gasteiger partial charge in [0.25, 0.3) is 0 Å². The summed E-state index contributed by atoms with van der Waals surface area (Å²) in [4.78, 5) is 19.2. The van der Waals surface area contributed by atoms with Gasteiger partial charge in [-0.25, -0.2) is 19.3 Å². The summed E-state index contributed by atoms with van der Waals surface area (Å²) in [6.45, 7) is 6.43. The maximum Gasteiger partial charge on any atom is 0.223 e. The van der Waals surface area contributed by atoms with E-state index in [2.05, 4.69) is 57.8 Å². The highest BCUT2D eigenvalue weighted by molar-refractivity contribution is 5.78. The standard InChI is InChI=1S/C32H40FN7O/c1-5-17-34-32-35-18-16-27(36-32)31-30(23-10-12-25(33)13-11-23)37-29-15-14-26(40(29)31)22-39(20-19-38(2)3)21-24-8-6-7-9-28(24)41-4/h6-13,16,18,26H,5,14-15,17,19-22H2,1-4H3,(H,34,35,36)/t26-/m0/s1. The molecule has 8 nitrogen and oxygen atoms in total. The van der Waals surface area contributed by atoms with Crippen LogP contribution >= 0.6 is 0 Å². The summed E-state index contributed by atoms with van der Waals surface area (Å²) in [6, 6.07) is 17.0. The van der Waals surface area contributed by atoms with Crippen molar-refractivity contribution in [3.63, 3.8) is 0 Å². The van der Waals surface area contributed by atoms with E-state index in [-0.39, 0.29) is 11.9 Å². The molecule has 0 aliphatic carbocycles. The fourth-order valence-electron chi connectivity index (χ4n) is 5.46. The molecular weight excluding hydrogens is 517 g/mol. The first kappa shape index (κ1) is 28.7. The van der Waals surface area contributed by atoms with Gasteiger partial charge in [0.2, 0.25) is 5.95 Å². The van der Waals surface area contributed by atoms with E-state index < -0.39 is 0 Å². The van der Waals surface area contributed by atoms with Crippen molar-refractivity contribution in [2.24, 2.45) is 0 Å². The molecule has 2 aromatic carbocycles. The van der Waals surface area contributed by atoms with Crippen LogP contribution in [0.5, 0.6) is 5.75 Å². The largest absolute Gasteiger partial charge is 0.496 e. The van der Waals surface area contributed by atoms with Crippen molar-refractivity contribution in [3.8, 4) is 28.4 Å². The van der Waals surface area contributed by atoms with E-state index in [0.717, 1.165) is 86.2 Å². The summed E-state index contributed by atoms with van der Waals surface area (Å²) in [5.41, 5.74) is 4.65. The number of para-hydroxylation sites is 1. The number of halogens is 1. The minimum Gasteiger partial charge on any atom is -0.496 e. The van der Waals surface area contributed by atoms with Gasteiger partial charge >= 0.3 is 0 Å². The van der Waals surface area contributed by atoms with E-state index in [0.29, 0.717) is 5.95 Å². The Morgan fingerprint density at radius 3 is 2.61 bits per heavy atom. The molecule has 1 N–H and O–H groups in total. The Hall–Kier alpha value is -3.82. The summed E-state index contributed by atoms with van der Waals surface area (Å²) < 4.78 is 21.9. The zero-order valence-electron chi connectivity index (χ0n) is 24.5. The van der Waals surface area contributed by atoms with Gasteiger partial charge in [-0.15, -0.1) is 0 Å². The monoisotopic (exact) mass is 557 g/mol. The number of nitrogens with one attached hydrogen (secondary N) is 1. The summed E-state index contributed by atoms with van der Waals surface area (Å²) >= 11 is 0. The van der Waals surface area contributed by atoms with E-state index >= 15 is 0 Å². The van der Waals surface area contributed by atoms with Crippen molar-refractivity contribution < 1.29 is 9.13 Å². The number of nitrogens with zero attached hydrogens (tertiary/aromatic N) is 6. The van der Waals surface area contributed by atoms with Gasteiger partial charge in [-0.3, -0.25) is 4.90 Å². The number of hydrogen-bond donors (Lipinski definition) is 1. The number of ether oxygens (including phenoxy) is 1. The minimum atomic E-state index is -0.263. The van der Waals surface area contributed by atoms with Crippen molar-refractivity contribution in [1.82, 2.24) is 29.3 Å². The molecule has 5 rings (SSSR count). The molecule has 0 radical (unpaired) electrons. The van der Waals surface area contributed by atoms with Crippen LogP contribution in [0, 0.1) is 5.82 Å². The molecule has 41 heavy (non-hydrogen) atoms. The summed E-state index contributed by atoms with van der Waals surface area (Å²) in [5.74, 6) is 2.28. The predicted octanol–water partition coefficient (Wildman–Crippen LogP) is 5.53. The molecule has 0 bridgehead atoms. The van der Waals surface area contributed by atoms with Gasteiger partial charge in [0.15, 0.2) is 0 Å². The summed E-state index contributed by atoms with van der Waals surface area (Å²) in [6.07, 6.45) is 4.65. The zero-order valence-corrected chi connectivity index (χ0v) is 24.5. The third-order valence-corrected chi connectivity index (χ3v) is 7.52. The van der Waals surface area contributed by atoms with Gasteiger partial charge < -0.3 is 19.5 Å². The molecule has 0 fully saturated rings. The van der Waals surface area contributed by atoms with Crippen LogP contribution in [0.4, 0.5) is 10.3 Å². The van der Waals surface area contributed by atoms with Gasteiger partial charge in [0, 0.05) is 62.5 Å². The first-order valence-electron chi connectivity index (χ1n) is 14.4. The molecule has 0 saturated carbocycles. The first-order valence-corrected chi connectivity index (χ1v) is 14.4. The predicted molar refractivity (Wildman–Crippen MR) is 162 cm³/mol. The molecule has 9 heteroatoms. The SMILES string of the molecule is CCCNc1nccc(-c2c(-c3ccc(F)cc3)nc3n2[C@H](CN(CCN(C)C)Cc2ccccc2OC)CC3)n1. The number of rotatable bonds is 13. The van der Waals surface area contributed by atoms with Crippen LogP contribution in [0.25, 0.3) is 22.6 Å². The molecule has 1 aliphatic rings. The Labute approximate surface area is 242 Å². The molecule has 216 valence electrons. The van der Waals surface area contributed by atoms with Crippen LogP contribution in [0.2, 0.25) is 0 Å². The van der Waals surface area contributed by atoms with Gasteiger partial charge in [0.1, 0.15) is 17.4 Å². The second-order valence-corrected chi connectivity index (χ2v) is 10.8. The first-order chi connectivity index (χ1) is 20.0. The highest BCUT2D eigenvalue weighted by atomic mass is 19.1. The van der Waals surface area contributed by atoms with Crippen molar-refractivity contribution in [2.45, 2.75) is 38.8 Å². The molecule has 1 aliphatic heterocycles. The van der Waals surface area contributed by atoms with Crippen LogP contribution in [0.1, 0.15) is 37.2 Å². The fourth-order valence-corrected chi connectivity index (χ4v) is 5.46. The number of methoxy groups -OCH3 is 1. The van der Waals surface area contributed by atoms with E-state index in [4.69, 9.17) is 14.7 Å². The van der Waals surface area contributed by atoms with Crippen LogP contribution in [0.3, 0.4) is 0 Å². The number of fused-ring (bicyclic) bond motifs is 1. The highest BCUT2D eigenvalue weighted by Crippen LogP contribution is 2.39. The quantitative estimate of drug-likeness (QED) is 0.232. The normalized spacial score (nSPS) is 14.6. The number of anilines is 1. The maximum atomic E-state index is 13.9. The lowest BCUT2D eigenvalue weighted by molar-refractivity contribution is 0.203. The molecular formula is C32H40FN7O. The van der Waals surface area contributed by atoms with E-state index in [1.807, 2.05) is 18.2 Å². The third kappa shape index (κ3) is 6.74. The number of imidazole rings is 1. The van der Waals surface area contributed by atoms with E-state index in [9.17, 15) is 4.39 Å². The fraction of sp³-hybridized carbons (Fsp3) is 0.406. The van der Waals surface area contributed by atoms with Crippen LogP contribution in [0.15, 0.2) is 60.8 Å². The second kappa shape index (κ2) is 13.2. The van der Waals surface area contributed by atoms with Crippen LogP contribution in [-0.4, -0.2) is 76.7 Å². The molecule has 0 saturated heterocycles. The van der Waals surface area contributed by atoms with Gasteiger partial charge in [-0.05, 0) is 63.3 Å². The lowest BCUT2D eigenvalue weighted by Gasteiger charge is -2.29. The molecule has 0 amide bonds. The smallest absolute Gasteiger partial charge is 0.223 e. The molecule has 4 aromatic rings. The number of aryl methyl sites for hydroxylation is 1. The van der Waals surface area contributed by atoms with Crippen molar-refractivity contribution >= 4 is 5.95 Å². The Balaban J connectivity index is 1.53. The second-order valence-electron chi connectivity index (χ2n) is 10.8. The number of likely N-dealkylation sites (N-methyl/N-ethyl adjacent to an activating group) is 1. The topological polar surface area (TPSA) is 71.3 Å². The van der Waals surface area contributed by atoms with Crippen LogP contribution < -0.4 is 10.1 Å². The molecule has 1 atom stereocenters. The average molecular weight is 558 g/mol. The van der Waals surface area contributed by atoms with Crippen molar-refractivity contribution in [2.75, 3.05) is 52.7 Å². The highest BCUT2D eigenvalue weighted by Gasteiger charge is 2.32. The number of hydrogen-bond acceptors (Lipinski definition) is 7. The maximum absolute atomic E-state index is 13.9. The van der Waals surface area contributed by atoms with Crippen molar-refractivity contribution in [3.05, 3.63) is 78.0 Å². The minimum absolute atomic E-state index is 0.209. The van der Waals surface area contributed by atoms with E-state index in [1.165, 1.54) is 17.7 Å².